The van der Waals surface area contributed by atoms with Crippen molar-refractivity contribution in [1.82, 2.24) is 4.98 Å². The number of aromatic amines is 1. The van der Waals surface area contributed by atoms with Crippen molar-refractivity contribution in [3.8, 4) is 17.2 Å². The number of aromatic nitrogens is 1. The van der Waals surface area contributed by atoms with E-state index in [9.17, 15) is 10.0 Å². The zero-order valence-corrected chi connectivity index (χ0v) is 9.12. The third kappa shape index (κ3) is 2.08. The Morgan fingerprint density at radius 2 is 1.94 bits per heavy atom. The van der Waals surface area contributed by atoms with Crippen molar-refractivity contribution in [3.05, 3.63) is 57.7 Å². The predicted octanol–water partition coefficient (Wildman–Crippen LogP) is 1.61. The van der Waals surface area contributed by atoms with Crippen LogP contribution in [0.4, 0.5) is 5.69 Å². The molecule has 0 fully saturated rings. The van der Waals surface area contributed by atoms with E-state index < -0.39 is 5.56 Å². The highest BCUT2D eigenvalue weighted by Crippen LogP contribution is 2.23. The van der Waals surface area contributed by atoms with Crippen LogP contribution in [0.25, 0.3) is 11.1 Å². The van der Waals surface area contributed by atoms with Gasteiger partial charge in [0, 0.05) is 11.8 Å². The quantitative estimate of drug-likeness (QED) is 0.778. The van der Waals surface area contributed by atoms with Gasteiger partial charge >= 0.3 is 0 Å². The molecular weight excluding hydrogens is 234 g/mol. The average molecular weight is 242 g/mol. The summed E-state index contributed by atoms with van der Waals surface area (Å²) in [6, 6.07) is 9.32. The Bertz CT molecular complexity index is 654. The second kappa shape index (κ2) is 4.71. The monoisotopic (exact) mass is 242 g/mol. The molecule has 0 spiro atoms. The van der Waals surface area contributed by atoms with Crippen LogP contribution in [0.5, 0.6) is 0 Å². The van der Waals surface area contributed by atoms with Gasteiger partial charge in [-0.1, -0.05) is 12.1 Å². The predicted molar refractivity (Wildman–Crippen MR) is 64.8 cm³/mol. The van der Waals surface area contributed by atoms with Gasteiger partial charge in [0.05, 0.1) is 5.69 Å². The Kier molecular flexibility index (Phi) is 3.10. The van der Waals surface area contributed by atoms with Crippen molar-refractivity contribution in [3.63, 3.8) is 0 Å². The van der Waals surface area contributed by atoms with E-state index in [1.807, 2.05) is 6.07 Å². The van der Waals surface area contributed by atoms with Gasteiger partial charge in [0.15, 0.2) is 0 Å². The van der Waals surface area contributed by atoms with Crippen LogP contribution < -0.4 is 10.8 Å². The average Bonchev–Trinajstić information content (AvgIpc) is 2.38. The van der Waals surface area contributed by atoms with Crippen LogP contribution in [0.15, 0.2) is 41.3 Å². The maximum atomic E-state index is 11.4. The molecule has 0 saturated heterocycles. The fourth-order valence-electron chi connectivity index (χ4n) is 1.60. The van der Waals surface area contributed by atoms with Crippen LogP contribution in [-0.2, 0) is 0 Å². The summed E-state index contributed by atoms with van der Waals surface area (Å²) in [6.07, 6.45) is 1.44. The smallest absolute Gasteiger partial charge is 0.266 e. The van der Waals surface area contributed by atoms with Crippen molar-refractivity contribution in [1.29, 1.82) is 5.26 Å². The van der Waals surface area contributed by atoms with E-state index in [1.165, 1.54) is 18.3 Å². The summed E-state index contributed by atoms with van der Waals surface area (Å²) in [5.41, 5.74) is 0.702. The Hall–Kier alpha value is -2.62. The summed E-state index contributed by atoms with van der Waals surface area (Å²) in [6.45, 7) is 0. The number of rotatable bonds is 2. The fraction of sp³-hybridized carbons (Fsp3) is 0. The lowest BCUT2D eigenvalue weighted by atomic mass is 10.0. The lowest BCUT2D eigenvalue weighted by Gasteiger charge is -2.21. The lowest BCUT2D eigenvalue weighted by molar-refractivity contribution is 0.296. The van der Waals surface area contributed by atoms with Crippen LogP contribution >= 0.6 is 0 Å². The van der Waals surface area contributed by atoms with Crippen LogP contribution in [0.2, 0.25) is 0 Å². The molecule has 1 heterocycles. The van der Waals surface area contributed by atoms with E-state index in [2.05, 4.69) is 4.98 Å². The minimum absolute atomic E-state index is 0.00762. The van der Waals surface area contributed by atoms with Gasteiger partial charge in [-0.25, -0.2) is 0 Å². The second-order valence-electron chi connectivity index (χ2n) is 3.53. The molecule has 18 heavy (non-hydrogen) atoms. The standard InChI is InChI=1S/C12H8N3O3/c13-7-11-10(5-6-14-12(11)16)8-1-3-9(4-2-8)15(17)18/h1-6,17H,(H,14,16)/q-1. The summed E-state index contributed by atoms with van der Waals surface area (Å²) >= 11 is 0. The van der Waals surface area contributed by atoms with E-state index >= 15 is 0 Å². The first kappa shape index (κ1) is 11.9. The number of H-pyrrole nitrogens is 1. The molecule has 2 rings (SSSR count). The van der Waals surface area contributed by atoms with Crippen molar-refractivity contribution in [2.45, 2.75) is 0 Å². The highest BCUT2D eigenvalue weighted by Gasteiger charge is 2.08. The number of nitriles is 1. The minimum atomic E-state index is -0.466. The zero-order chi connectivity index (χ0) is 13.1. The van der Waals surface area contributed by atoms with Gasteiger partial charge in [-0.05, 0) is 23.8 Å². The van der Waals surface area contributed by atoms with E-state index in [0.717, 1.165) is 0 Å². The molecule has 6 nitrogen and oxygen atoms in total. The van der Waals surface area contributed by atoms with E-state index in [0.29, 0.717) is 11.1 Å². The van der Waals surface area contributed by atoms with Gasteiger partial charge < -0.3 is 15.4 Å². The molecule has 0 unspecified atom stereocenters. The molecule has 0 atom stereocenters. The Morgan fingerprint density at radius 3 is 2.50 bits per heavy atom. The van der Waals surface area contributed by atoms with Crippen LogP contribution in [-0.4, -0.2) is 10.2 Å². The molecular formula is C12H8N3O3-. The van der Waals surface area contributed by atoms with Crippen LogP contribution in [0, 0.1) is 16.5 Å². The van der Waals surface area contributed by atoms with Gasteiger partial charge in [0.25, 0.3) is 5.56 Å². The van der Waals surface area contributed by atoms with Crippen LogP contribution in [0.1, 0.15) is 5.56 Å². The summed E-state index contributed by atoms with van der Waals surface area (Å²) in [4.78, 5) is 13.9. The summed E-state index contributed by atoms with van der Waals surface area (Å²) in [5.74, 6) is 0. The molecule has 2 aromatic rings. The third-order valence-electron chi connectivity index (χ3n) is 2.47. The van der Waals surface area contributed by atoms with E-state index in [4.69, 9.17) is 10.5 Å². The third-order valence-corrected chi connectivity index (χ3v) is 2.47. The van der Waals surface area contributed by atoms with E-state index in [1.54, 1.807) is 18.2 Å². The summed E-state index contributed by atoms with van der Waals surface area (Å²) < 4.78 is 0. The Morgan fingerprint density at radius 1 is 1.28 bits per heavy atom. The highest BCUT2D eigenvalue weighted by molar-refractivity contribution is 5.71. The van der Waals surface area contributed by atoms with Gasteiger partial charge in [-0.2, -0.15) is 5.26 Å². The molecule has 0 saturated carbocycles. The molecule has 0 aliphatic rings. The molecule has 0 amide bonds. The lowest BCUT2D eigenvalue weighted by Crippen LogP contribution is -2.10. The van der Waals surface area contributed by atoms with Crippen molar-refractivity contribution >= 4 is 5.69 Å². The van der Waals surface area contributed by atoms with Crippen molar-refractivity contribution < 1.29 is 5.21 Å². The minimum Gasteiger partial charge on any atom is -0.733 e. The zero-order valence-electron chi connectivity index (χ0n) is 9.12. The number of nitrogens with zero attached hydrogens (tertiary/aromatic N) is 2. The molecule has 0 aliphatic carbocycles. The first-order valence-corrected chi connectivity index (χ1v) is 5.02. The largest absolute Gasteiger partial charge is 0.733 e. The first-order valence-electron chi connectivity index (χ1n) is 5.02. The molecule has 0 bridgehead atoms. The highest BCUT2D eigenvalue weighted by atomic mass is 16.8. The van der Waals surface area contributed by atoms with E-state index in [-0.39, 0.29) is 16.5 Å². The number of hydrogen-bond donors (Lipinski definition) is 2. The number of hydrogen-bond acceptors (Lipinski definition) is 5. The Balaban J connectivity index is 2.53. The molecule has 1 aromatic carbocycles. The van der Waals surface area contributed by atoms with Gasteiger partial charge in [0.1, 0.15) is 11.6 Å². The maximum Gasteiger partial charge on any atom is 0.266 e. The number of benzene rings is 1. The second-order valence-corrected chi connectivity index (χ2v) is 3.53. The van der Waals surface area contributed by atoms with Crippen LogP contribution in [0.3, 0.4) is 0 Å². The van der Waals surface area contributed by atoms with Crippen molar-refractivity contribution in [2.75, 3.05) is 5.23 Å². The van der Waals surface area contributed by atoms with Crippen molar-refractivity contribution in [2.24, 2.45) is 0 Å². The number of anilines is 1. The molecule has 0 radical (unpaired) electrons. The first-order chi connectivity index (χ1) is 8.63. The molecule has 90 valence electrons. The molecule has 2 N–H and O–H groups in total. The van der Waals surface area contributed by atoms with Gasteiger partial charge in [-0.15, -0.1) is 0 Å². The topological polar surface area (TPSA) is 103 Å². The number of pyridine rings is 1. The normalized spacial score (nSPS) is 9.83. The fourth-order valence-corrected chi connectivity index (χ4v) is 1.60. The molecule has 0 aliphatic heterocycles. The molecule has 6 heteroatoms. The Labute approximate surface area is 102 Å². The van der Waals surface area contributed by atoms with Gasteiger partial charge in [0.2, 0.25) is 0 Å². The summed E-state index contributed by atoms with van der Waals surface area (Å²) in [7, 11) is 0. The summed E-state index contributed by atoms with van der Waals surface area (Å²) in [5, 5.41) is 28.0. The SMILES string of the molecule is N#Cc1c(-c2ccc(N([O-])O)cc2)cc[nH]c1=O. The maximum absolute atomic E-state index is 11.4. The number of nitrogens with one attached hydrogen (secondary N) is 1. The van der Waals surface area contributed by atoms with Gasteiger partial charge in [-0.3, -0.25) is 10.0 Å². The molecule has 1 aromatic heterocycles.